The summed E-state index contributed by atoms with van der Waals surface area (Å²) in [6.07, 6.45) is 9.30. The van der Waals surface area contributed by atoms with Gasteiger partial charge < -0.3 is 10.6 Å². The Morgan fingerprint density at radius 3 is 2.60 bits per heavy atom. The van der Waals surface area contributed by atoms with Crippen molar-refractivity contribution >= 4 is 0 Å². The summed E-state index contributed by atoms with van der Waals surface area (Å²) in [5, 5.41) is 6.98. The summed E-state index contributed by atoms with van der Waals surface area (Å²) < 4.78 is 0. The van der Waals surface area contributed by atoms with Gasteiger partial charge in [0.1, 0.15) is 6.17 Å². The maximum atomic E-state index is 3.88. The molecule has 1 fully saturated rings. The van der Waals surface area contributed by atoms with Crippen LogP contribution in [-0.4, -0.2) is 0 Å². The second-order valence-electron chi connectivity index (χ2n) is 6.10. The SMILES string of the molecule is C=CCc1cc(C2NC=C(C)N2)c(C2CCC2)cc1C. The van der Waals surface area contributed by atoms with Gasteiger partial charge in [0.25, 0.3) is 0 Å². The van der Waals surface area contributed by atoms with Crippen molar-refractivity contribution in [2.75, 3.05) is 0 Å². The van der Waals surface area contributed by atoms with Crippen LogP contribution in [0.3, 0.4) is 0 Å². The molecule has 1 saturated carbocycles. The fraction of sp³-hybridized carbons (Fsp3) is 0.444. The third-order valence-electron chi connectivity index (χ3n) is 4.60. The molecule has 0 aromatic heterocycles. The van der Waals surface area contributed by atoms with E-state index in [0.717, 1.165) is 12.3 Å². The minimum atomic E-state index is 0.231. The Kier molecular flexibility index (Phi) is 3.56. The summed E-state index contributed by atoms with van der Waals surface area (Å²) in [6, 6.07) is 4.79. The molecule has 1 atom stereocenters. The smallest absolute Gasteiger partial charge is 0.123 e. The largest absolute Gasteiger partial charge is 0.366 e. The number of rotatable bonds is 4. The molecular formula is C18H24N2. The molecular weight excluding hydrogens is 244 g/mol. The maximum Gasteiger partial charge on any atom is 0.123 e. The Labute approximate surface area is 122 Å². The predicted molar refractivity (Wildman–Crippen MR) is 84.4 cm³/mol. The summed E-state index contributed by atoms with van der Waals surface area (Å²) in [6.45, 7) is 8.21. The highest BCUT2D eigenvalue weighted by molar-refractivity contribution is 5.43. The third-order valence-corrected chi connectivity index (χ3v) is 4.60. The van der Waals surface area contributed by atoms with E-state index < -0.39 is 0 Å². The lowest BCUT2D eigenvalue weighted by atomic mass is 9.76. The van der Waals surface area contributed by atoms with Gasteiger partial charge in [-0.15, -0.1) is 6.58 Å². The zero-order chi connectivity index (χ0) is 14.1. The van der Waals surface area contributed by atoms with Gasteiger partial charge in [-0.3, -0.25) is 0 Å². The van der Waals surface area contributed by atoms with E-state index >= 15 is 0 Å². The zero-order valence-corrected chi connectivity index (χ0v) is 12.5. The van der Waals surface area contributed by atoms with Gasteiger partial charge >= 0.3 is 0 Å². The van der Waals surface area contributed by atoms with Crippen molar-refractivity contribution in [3.63, 3.8) is 0 Å². The van der Waals surface area contributed by atoms with Gasteiger partial charge in [0, 0.05) is 11.9 Å². The third kappa shape index (κ3) is 2.35. The second kappa shape index (κ2) is 5.35. The number of nitrogens with one attached hydrogen (secondary N) is 2. The highest BCUT2D eigenvalue weighted by Crippen LogP contribution is 2.40. The van der Waals surface area contributed by atoms with E-state index in [1.54, 1.807) is 0 Å². The number of allylic oxidation sites excluding steroid dienone is 2. The molecule has 1 aromatic carbocycles. The monoisotopic (exact) mass is 268 g/mol. The van der Waals surface area contributed by atoms with Gasteiger partial charge in [-0.2, -0.15) is 0 Å². The molecule has 1 aliphatic heterocycles. The van der Waals surface area contributed by atoms with Crippen LogP contribution in [0.5, 0.6) is 0 Å². The summed E-state index contributed by atoms with van der Waals surface area (Å²) in [5.74, 6) is 0.756. The molecule has 1 heterocycles. The van der Waals surface area contributed by atoms with E-state index in [1.807, 2.05) is 6.08 Å². The molecule has 2 heteroatoms. The van der Waals surface area contributed by atoms with Crippen molar-refractivity contribution in [1.29, 1.82) is 0 Å². The molecule has 0 radical (unpaired) electrons. The van der Waals surface area contributed by atoms with Crippen molar-refractivity contribution in [3.8, 4) is 0 Å². The molecule has 0 spiro atoms. The van der Waals surface area contributed by atoms with Crippen molar-refractivity contribution in [3.05, 3.63) is 58.9 Å². The first-order valence-electron chi connectivity index (χ1n) is 7.62. The van der Waals surface area contributed by atoms with E-state index in [0.29, 0.717) is 0 Å². The van der Waals surface area contributed by atoms with Crippen LogP contribution < -0.4 is 10.6 Å². The van der Waals surface area contributed by atoms with Crippen molar-refractivity contribution in [2.24, 2.45) is 0 Å². The van der Waals surface area contributed by atoms with Gasteiger partial charge in [0.2, 0.25) is 0 Å². The van der Waals surface area contributed by atoms with Gasteiger partial charge in [-0.1, -0.05) is 24.6 Å². The van der Waals surface area contributed by atoms with Crippen LogP contribution in [0.2, 0.25) is 0 Å². The molecule has 2 nitrogen and oxygen atoms in total. The number of benzene rings is 1. The summed E-state index contributed by atoms with van der Waals surface area (Å²) >= 11 is 0. The van der Waals surface area contributed by atoms with E-state index in [2.05, 4.69) is 49.4 Å². The first-order chi connectivity index (χ1) is 9.69. The molecule has 2 N–H and O–H groups in total. The molecule has 0 amide bonds. The van der Waals surface area contributed by atoms with Crippen molar-refractivity contribution < 1.29 is 0 Å². The lowest BCUT2D eigenvalue weighted by molar-refractivity contribution is 0.412. The summed E-state index contributed by atoms with van der Waals surface area (Å²) in [5.41, 5.74) is 6.96. The van der Waals surface area contributed by atoms with Gasteiger partial charge in [-0.25, -0.2) is 0 Å². The lowest BCUT2D eigenvalue weighted by Crippen LogP contribution is -2.25. The molecule has 0 bridgehead atoms. The van der Waals surface area contributed by atoms with Crippen LogP contribution in [0.1, 0.15) is 60.5 Å². The molecule has 2 aliphatic rings. The highest BCUT2D eigenvalue weighted by Gasteiger charge is 2.27. The minimum absolute atomic E-state index is 0.231. The molecule has 20 heavy (non-hydrogen) atoms. The Balaban J connectivity index is 1.99. The fourth-order valence-corrected chi connectivity index (χ4v) is 3.18. The maximum absolute atomic E-state index is 3.88. The Bertz CT molecular complexity index is 553. The average molecular weight is 268 g/mol. The van der Waals surface area contributed by atoms with Crippen LogP contribution in [0.4, 0.5) is 0 Å². The quantitative estimate of drug-likeness (QED) is 0.805. The molecule has 106 valence electrons. The molecule has 1 unspecified atom stereocenters. The Morgan fingerprint density at radius 2 is 2.05 bits per heavy atom. The number of aryl methyl sites for hydroxylation is 1. The second-order valence-corrected chi connectivity index (χ2v) is 6.10. The van der Waals surface area contributed by atoms with Crippen molar-refractivity contribution in [1.82, 2.24) is 10.6 Å². The predicted octanol–water partition coefficient (Wildman–Crippen LogP) is 4.04. The number of hydrogen-bond acceptors (Lipinski definition) is 2. The average Bonchev–Trinajstić information content (AvgIpc) is 2.77. The van der Waals surface area contributed by atoms with Crippen LogP contribution in [0, 0.1) is 6.92 Å². The fourth-order valence-electron chi connectivity index (χ4n) is 3.18. The first kappa shape index (κ1) is 13.3. The molecule has 0 saturated heterocycles. The van der Waals surface area contributed by atoms with Crippen molar-refractivity contribution in [2.45, 2.75) is 51.6 Å². The van der Waals surface area contributed by atoms with Crippen LogP contribution >= 0.6 is 0 Å². The van der Waals surface area contributed by atoms with E-state index in [1.165, 1.54) is 47.2 Å². The topological polar surface area (TPSA) is 24.1 Å². The van der Waals surface area contributed by atoms with Crippen LogP contribution in [-0.2, 0) is 6.42 Å². The Hall–Kier alpha value is -1.70. The normalized spacial score (nSPS) is 21.7. The van der Waals surface area contributed by atoms with Gasteiger partial charge in [0.05, 0.1) is 0 Å². The summed E-state index contributed by atoms with van der Waals surface area (Å²) in [7, 11) is 0. The Morgan fingerprint density at radius 1 is 1.25 bits per heavy atom. The van der Waals surface area contributed by atoms with Crippen LogP contribution in [0.25, 0.3) is 0 Å². The van der Waals surface area contributed by atoms with Crippen LogP contribution in [0.15, 0.2) is 36.7 Å². The highest BCUT2D eigenvalue weighted by atomic mass is 15.2. The standard InChI is InChI=1S/C18H24N2/c1-4-6-15-10-17(18-19-11-13(3)20-18)16(9-12(15)2)14-7-5-8-14/h4,9-11,14,18-20H,1,5-8H2,2-3H3. The van der Waals surface area contributed by atoms with E-state index in [-0.39, 0.29) is 6.17 Å². The van der Waals surface area contributed by atoms with Gasteiger partial charge in [-0.05, 0) is 61.3 Å². The van der Waals surface area contributed by atoms with Gasteiger partial charge in [0.15, 0.2) is 0 Å². The molecule has 1 aromatic rings. The molecule has 1 aliphatic carbocycles. The minimum Gasteiger partial charge on any atom is -0.366 e. The zero-order valence-electron chi connectivity index (χ0n) is 12.5. The lowest BCUT2D eigenvalue weighted by Gasteiger charge is -2.31. The van der Waals surface area contributed by atoms with E-state index in [4.69, 9.17) is 0 Å². The van der Waals surface area contributed by atoms with E-state index in [9.17, 15) is 0 Å². The molecule has 3 rings (SSSR count). The summed E-state index contributed by atoms with van der Waals surface area (Å²) in [4.78, 5) is 0. The number of hydrogen-bond donors (Lipinski definition) is 2. The first-order valence-corrected chi connectivity index (χ1v) is 7.62.